The van der Waals surface area contributed by atoms with Crippen LogP contribution in [-0.4, -0.2) is 29.1 Å². The maximum absolute atomic E-state index is 12.2. The number of ether oxygens (including phenoxy) is 1. The molecule has 1 unspecified atom stereocenters. The Kier molecular flexibility index (Phi) is 6.02. The lowest BCUT2D eigenvalue weighted by Gasteiger charge is -2.20. The summed E-state index contributed by atoms with van der Waals surface area (Å²) in [5.74, 6) is -1.13. The Labute approximate surface area is 151 Å². The Hall–Kier alpha value is -2.83. The average Bonchev–Trinajstić information content (AvgIpc) is 2.52. The van der Waals surface area contributed by atoms with E-state index in [0.29, 0.717) is 17.8 Å². The standard InChI is InChI=1S/C19H23NO6/c1-10(2)7-15(19(23)24)20-18(22)12(4)25-13-5-6-14-11(3)8-17(21)26-16(14)9-13/h5-6,8-10,12,15H,7H2,1-4H3,(H,20,22)(H,23,24)/t12?,15-/m0/s1. The summed E-state index contributed by atoms with van der Waals surface area (Å²) < 4.78 is 10.7. The molecule has 7 heteroatoms. The summed E-state index contributed by atoms with van der Waals surface area (Å²) in [6.07, 6.45) is -0.577. The minimum atomic E-state index is -1.08. The van der Waals surface area contributed by atoms with Gasteiger partial charge >= 0.3 is 11.6 Å². The lowest BCUT2D eigenvalue weighted by atomic mass is 10.0. The summed E-state index contributed by atoms with van der Waals surface area (Å²) in [6, 6.07) is 5.38. The van der Waals surface area contributed by atoms with Gasteiger partial charge < -0.3 is 19.6 Å². The number of aryl methyl sites for hydroxylation is 1. The zero-order chi connectivity index (χ0) is 19.4. The molecule has 26 heavy (non-hydrogen) atoms. The number of fused-ring (bicyclic) bond motifs is 1. The van der Waals surface area contributed by atoms with E-state index in [9.17, 15) is 19.5 Å². The summed E-state index contributed by atoms with van der Waals surface area (Å²) in [4.78, 5) is 35.0. The zero-order valence-electron chi connectivity index (χ0n) is 15.2. The van der Waals surface area contributed by atoms with Crippen LogP contribution in [-0.2, 0) is 9.59 Å². The average molecular weight is 361 g/mol. The third kappa shape index (κ3) is 4.84. The lowest BCUT2D eigenvalue weighted by molar-refractivity contribution is -0.143. The molecule has 1 amide bonds. The molecule has 2 aromatic rings. The molecule has 0 saturated carbocycles. The first-order valence-corrected chi connectivity index (χ1v) is 8.41. The van der Waals surface area contributed by atoms with Crippen LogP contribution in [0.25, 0.3) is 11.0 Å². The van der Waals surface area contributed by atoms with Crippen LogP contribution in [0.3, 0.4) is 0 Å². The Morgan fingerprint density at radius 3 is 2.54 bits per heavy atom. The second-order valence-electron chi connectivity index (χ2n) is 6.70. The number of amides is 1. The van der Waals surface area contributed by atoms with E-state index >= 15 is 0 Å². The van der Waals surface area contributed by atoms with Gasteiger partial charge in [0, 0.05) is 17.5 Å². The van der Waals surface area contributed by atoms with E-state index in [1.807, 2.05) is 13.8 Å². The van der Waals surface area contributed by atoms with E-state index < -0.39 is 29.6 Å². The van der Waals surface area contributed by atoms with Gasteiger partial charge in [-0.25, -0.2) is 9.59 Å². The molecule has 1 aromatic heterocycles. The molecule has 0 aliphatic heterocycles. The van der Waals surface area contributed by atoms with Crippen LogP contribution in [0.5, 0.6) is 5.75 Å². The molecule has 0 fully saturated rings. The van der Waals surface area contributed by atoms with Gasteiger partial charge in [-0.15, -0.1) is 0 Å². The zero-order valence-corrected chi connectivity index (χ0v) is 15.2. The van der Waals surface area contributed by atoms with Gasteiger partial charge in [-0.05, 0) is 43.9 Å². The molecule has 1 heterocycles. The van der Waals surface area contributed by atoms with Gasteiger partial charge in [-0.2, -0.15) is 0 Å². The fourth-order valence-electron chi connectivity index (χ4n) is 2.62. The Bertz CT molecular complexity index is 870. The van der Waals surface area contributed by atoms with E-state index in [1.165, 1.54) is 19.1 Å². The van der Waals surface area contributed by atoms with Crippen molar-refractivity contribution in [2.24, 2.45) is 5.92 Å². The van der Waals surface area contributed by atoms with Gasteiger partial charge in [0.1, 0.15) is 17.4 Å². The number of carbonyl (C=O) groups excluding carboxylic acids is 1. The van der Waals surface area contributed by atoms with Crippen molar-refractivity contribution in [3.05, 3.63) is 40.2 Å². The van der Waals surface area contributed by atoms with Gasteiger partial charge in [0.05, 0.1) is 0 Å². The van der Waals surface area contributed by atoms with Gasteiger partial charge in [0.2, 0.25) is 0 Å². The van der Waals surface area contributed by atoms with E-state index in [2.05, 4.69) is 5.32 Å². The first kappa shape index (κ1) is 19.5. The molecule has 0 aliphatic rings. The smallest absolute Gasteiger partial charge is 0.336 e. The van der Waals surface area contributed by atoms with Crippen LogP contribution in [0, 0.1) is 12.8 Å². The second-order valence-corrected chi connectivity index (χ2v) is 6.70. The molecule has 0 aliphatic carbocycles. The molecule has 140 valence electrons. The summed E-state index contributed by atoms with van der Waals surface area (Å²) in [7, 11) is 0. The molecule has 0 radical (unpaired) electrons. The van der Waals surface area contributed by atoms with Crippen LogP contribution < -0.4 is 15.7 Å². The molecule has 0 bridgehead atoms. The van der Waals surface area contributed by atoms with Gasteiger partial charge in [0.15, 0.2) is 6.10 Å². The number of carboxylic acids is 1. The Morgan fingerprint density at radius 2 is 1.92 bits per heavy atom. The van der Waals surface area contributed by atoms with E-state index in [-0.39, 0.29) is 5.92 Å². The van der Waals surface area contributed by atoms with E-state index in [4.69, 9.17) is 9.15 Å². The summed E-state index contributed by atoms with van der Waals surface area (Å²) in [6.45, 7) is 7.09. The SMILES string of the molecule is Cc1cc(=O)oc2cc(OC(C)C(=O)N[C@@H](CC(C)C)C(=O)O)ccc12. The number of rotatable bonds is 7. The van der Waals surface area contributed by atoms with Crippen molar-refractivity contribution in [2.75, 3.05) is 0 Å². The topological polar surface area (TPSA) is 106 Å². The second kappa shape index (κ2) is 8.03. The fraction of sp³-hybridized carbons (Fsp3) is 0.421. The minimum absolute atomic E-state index is 0.124. The molecule has 1 aromatic carbocycles. The highest BCUT2D eigenvalue weighted by atomic mass is 16.5. The van der Waals surface area contributed by atoms with Crippen molar-refractivity contribution in [3.8, 4) is 5.75 Å². The van der Waals surface area contributed by atoms with Crippen LogP contribution in [0.4, 0.5) is 0 Å². The van der Waals surface area contributed by atoms with Crippen LogP contribution in [0.2, 0.25) is 0 Å². The van der Waals surface area contributed by atoms with Crippen LogP contribution >= 0.6 is 0 Å². The number of hydrogen-bond donors (Lipinski definition) is 2. The number of benzene rings is 1. The van der Waals surface area contributed by atoms with Crippen molar-refractivity contribution < 1.29 is 23.8 Å². The number of aliphatic carboxylic acids is 1. The monoisotopic (exact) mass is 361 g/mol. The molecule has 0 spiro atoms. The third-order valence-corrected chi connectivity index (χ3v) is 3.93. The Morgan fingerprint density at radius 1 is 1.23 bits per heavy atom. The van der Waals surface area contributed by atoms with Crippen LogP contribution in [0.1, 0.15) is 32.8 Å². The molecule has 7 nitrogen and oxygen atoms in total. The molecule has 0 saturated heterocycles. The van der Waals surface area contributed by atoms with E-state index in [1.54, 1.807) is 19.1 Å². The van der Waals surface area contributed by atoms with Crippen molar-refractivity contribution in [1.29, 1.82) is 0 Å². The summed E-state index contributed by atoms with van der Waals surface area (Å²) in [5.41, 5.74) is 0.686. The number of nitrogens with one attached hydrogen (secondary N) is 1. The largest absolute Gasteiger partial charge is 0.481 e. The predicted octanol–water partition coefficient (Wildman–Crippen LogP) is 2.48. The van der Waals surface area contributed by atoms with Gasteiger partial charge in [-0.1, -0.05) is 13.8 Å². The number of carbonyl (C=O) groups is 2. The van der Waals surface area contributed by atoms with Crippen molar-refractivity contribution in [1.82, 2.24) is 5.32 Å². The minimum Gasteiger partial charge on any atom is -0.481 e. The number of carboxylic acid groups (broad SMARTS) is 1. The van der Waals surface area contributed by atoms with Crippen molar-refractivity contribution >= 4 is 22.8 Å². The third-order valence-electron chi connectivity index (χ3n) is 3.93. The predicted molar refractivity (Wildman–Crippen MR) is 96.3 cm³/mol. The van der Waals surface area contributed by atoms with E-state index in [0.717, 1.165) is 10.9 Å². The molecular weight excluding hydrogens is 338 g/mol. The highest BCUT2D eigenvalue weighted by Gasteiger charge is 2.24. The van der Waals surface area contributed by atoms with Gasteiger partial charge in [-0.3, -0.25) is 4.79 Å². The molecular formula is C19H23NO6. The lowest BCUT2D eigenvalue weighted by Crippen LogP contribution is -2.46. The fourth-order valence-corrected chi connectivity index (χ4v) is 2.62. The Balaban J connectivity index is 2.12. The summed E-state index contributed by atoms with van der Waals surface area (Å²) >= 11 is 0. The quantitative estimate of drug-likeness (QED) is 0.734. The summed E-state index contributed by atoms with van der Waals surface area (Å²) in [5, 5.41) is 12.5. The van der Waals surface area contributed by atoms with Crippen LogP contribution in [0.15, 0.2) is 33.5 Å². The number of hydrogen-bond acceptors (Lipinski definition) is 5. The maximum Gasteiger partial charge on any atom is 0.336 e. The highest BCUT2D eigenvalue weighted by molar-refractivity contribution is 5.86. The first-order chi connectivity index (χ1) is 12.2. The molecule has 2 rings (SSSR count). The van der Waals surface area contributed by atoms with Crippen molar-refractivity contribution in [3.63, 3.8) is 0 Å². The molecule has 2 N–H and O–H groups in total. The van der Waals surface area contributed by atoms with Crippen molar-refractivity contribution in [2.45, 2.75) is 46.3 Å². The van der Waals surface area contributed by atoms with Gasteiger partial charge in [0.25, 0.3) is 5.91 Å². The highest BCUT2D eigenvalue weighted by Crippen LogP contribution is 2.23. The first-order valence-electron chi connectivity index (χ1n) is 8.41. The molecule has 2 atom stereocenters. The normalized spacial score (nSPS) is 13.4. The maximum atomic E-state index is 12.2.